The number of aromatic nitrogens is 2. The van der Waals surface area contributed by atoms with Gasteiger partial charge in [0.05, 0.1) is 6.33 Å². The SMILES string of the molecule is CCC(C(=O)O)n1cnc2c1N=C(N)N(C(=O)OCc1ccccc1)C2N. The molecule has 0 saturated carbocycles. The lowest BCUT2D eigenvalue weighted by Crippen LogP contribution is -2.49. The van der Waals surface area contributed by atoms with Gasteiger partial charge in [0.25, 0.3) is 0 Å². The van der Waals surface area contributed by atoms with Crippen LogP contribution in [0.15, 0.2) is 41.7 Å². The molecule has 0 bridgehead atoms. The second-order valence-electron chi connectivity index (χ2n) is 5.95. The predicted molar refractivity (Wildman–Crippen MR) is 95.9 cm³/mol. The quantitative estimate of drug-likeness (QED) is 0.719. The van der Waals surface area contributed by atoms with Crippen LogP contribution in [0.25, 0.3) is 0 Å². The number of benzene rings is 1. The standard InChI is InChI=1S/C17H20N6O4/c1-2-11(15(24)25)22-9-20-12-13(18)23(16(19)21-14(12)22)17(26)27-8-10-6-4-3-5-7-10/h3-7,9,11,13H,2,8,18H2,1H3,(H2,19,21)(H,24,25). The molecule has 2 heterocycles. The fourth-order valence-corrected chi connectivity index (χ4v) is 2.83. The Morgan fingerprint density at radius 2 is 2.04 bits per heavy atom. The van der Waals surface area contributed by atoms with Crippen LogP contribution < -0.4 is 11.5 Å². The number of guanidine groups is 1. The maximum absolute atomic E-state index is 12.4. The number of carbonyl (C=O) groups is 2. The first-order chi connectivity index (χ1) is 12.9. The maximum Gasteiger partial charge on any atom is 0.418 e. The summed E-state index contributed by atoms with van der Waals surface area (Å²) in [6, 6.07) is 8.29. The number of carbonyl (C=O) groups excluding carboxylic acids is 1. The number of aliphatic imine (C=N–C) groups is 1. The van der Waals surface area contributed by atoms with Crippen LogP contribution in [0.3, 0.4) is 0 Å². The van der Waals surface area contributed by atoms with Gasteiger partial charge in [0, 0.05) is 0 Å². The van der Waals surface area contributed by atoms with E-state index < -0.39 is 24.3 Å². The highest BCUT2D eigenvalue weighted by atomic mass is 16.6. The summed E-state index contributed by atoms with van der Waals surface area (Å²) >= 11 is 0. The highest BCUT2D eigenvalue weighted by Crippen LogP contribution is 2.33. The van der Waals surface area contributed by atoms with Crippen LogP contribution >= 0.6 is 0 Å². The molecule has 10 heteroatoms. The fraction of sp³-hybridized carbons (Fsp3) is 0.294. The van der Waals surface area contributed by atoms with Crippen molar-refractivity contribution in [2.45, 2.75) is 32.2 Å². The van der Waals surface area contributed by atoms with Gasteiger partial charge >= 0.3 is 12.1 Å². The van der Waals surface area contributed by atoms with E-state index in [9.17, 15) is 14.7 Å². The molecule has 1 aromatic heterocycles. The van der Waals surface area contributed by atoms with Crippen LogP contribution in [0.5, 0.6) is 0 Å². The number of nitrogens with zero attached hydrogens (tertiary/aromatic N) is 4. The van der Waals surface area contributed by atoms with E-state index in [1.165, 1.54) is 10.9 Å². The van der Waals surface area contributed by atoms with Gasteiger partial charge in [-0.25, -0.2) is 19.5 Å². The first-order valence-electron chi connectivity index (χ1n) is 8.33. The Morgan fingerprint density at radius 1 is 1.33 bits per heavy atom. The summed E-state index contributed by atoms with van der Waals surface area (Å²) in [5.74, 6) is -0.985. The minimum atomic E-state index is -1.03. The number of aliphatic carboxylic acids is 1. The van der Waals surface area contributed by atoms with Crippen molar-refractivity contribution in [3.63, 3.8) is 0 Å². The average Bonchev–Trinajstić information content (AvgIpc) is 3.05. The number of hydrogen-bond acceptors (Lipinski definition) is 7. The molecule has 0 fully saturated rings. The van der Waals surface area contributed by atoms with Gasteiger partial charge < -0.3 is 25.9 Å². The van der Waals surface area contributed by atoms with Gasteiger partial charge in [-0.05, 0) is 12.0 Å². The lowest BCUT2D eigenvalue weighted by molar-refractivity contribution is -0.140. The lowest BCUT2D eigenvalue weighted by Gasteiger charge is -2.30. The topological polar surface area (TPSA) is 149 Å². The van der Waals surface area contributed by atoms with Crippen molar-refractivity contribution in [2.75, 3.05) is 0 Å². The van der Waals surface area contributed by atoms with Crippen LogP contribution in [0.1, 0.15) is 36.8 Å². The predicted octanol–water partition coefficient (Wildman–Crippen LogP) is 1.47. The van der Waals surface area contributed by atoms with Gasteiger partial charge in [0.2, 0.25) is 5.96 Å². The van der Waals surface area contributed by atoms with Gasteiger partial charge in [-0.1, -0.05) is 37.3 Å². The molecule has 0 aliphatic carbocycles. The molecule has 0 saturated heterocycles. The van der Waals surface area contributed by atoms with Gasteiger partial charge in [-0.15, -0.1) is 0 Å². The van der Waals surface area contributed by atoms with Crippen molar-refractivity contribution >= 4 is 23.8 Å². The zero-order valence-electron chi connectivity index (χ0n) is 14.6. The third kappa shape index (κ3) is 3.47. The van der Waals surface area contributed by atoms with Crippen molar-refractivity contribution in [1.82, 2.24) is 14.5 Å². The number of imidazole rings is 1. The number of ether oxygens (including phenoxy) is 1. The Morgan fingerprint density at radius 3 is 2.67 bits per heavy atom. The molecule has 0 radical (unpaired) electrons. The van der Waals surface area contributed by atoms with Crippen LogP contribution in [-0.4, -0.2) is 37.6 Å². The zero-order valence-corrected chi connectivity index (χ0v) is 14.6. The van der Waals surface area contributed by atoms with Crippen LogP contribution in [0, 0.1) is 0 Å². The Bertz CT molecular complexity index is 879. The molecule has 142 valence electrons. The molecular formula is C17H20N6O4. The number of amides is 1. The first kappa shape index (κ1) is 18.4. The molecule has 1 aromatic carbocycles. The second-order valence-corrected chi connectivity index (χ2v) is 5.95. The third-order valence-corrected chi connectivity index (χ3v) is 4.23. The second kappa shape index (κ2) is 7.46. The van der Waals surface area contributed by atoms with Gasteiger partial charge in [-0.2, -0.15) is 4.99 Å². The Balaban J connectivity index is 1.82. The zero-order chi connectivity index (χ0) is 19.6. The molecule has 1 aliphatic rings. The summed E-state index contributed by atoms with van der Waals surface area (Å²) in [6.07, 6.45) is -0.139. The largest absolute Gasteiger partial charge is 0.480 e. The molecule has 5 N–H and O–H groups in total. The summed E-state index contributed by atoms with van der Waals surface area (Å²) in [6.45, 7) is 1.78. The van der Waals surface area contributed by atoms with Gasteiger partial charge in [0.15, 0.2) is 5.82 Å². The highest BCUT2D eigenvalue weighted by molar-refractivity contribution is 5.96. The Labute approximate surface area is 155 Å². The maximum atomic E-state index is 12.4. The number of carboxylic acids is 1. The summed E-state index contributed by atoms with van der Waals surface area (Å²) < 4.78 is 6.64. The van der Waals surface area contributed by atoms with Crippen LogP contribution in [0.2, 0.25) is 0 Å². The van der Waals surface area contributed by atoms with Crippen molar-refractivity contribution in [1.29, 1.82) is 0 Å². The van der Waals surface area contributed by atoms with E-state index in [1.807, 2.05) is 30.3 Å². The number of hydrogen-bond donors (Lipinski definition) is 3. The van der Waals surface area contributed by atoms with Crippen molar-refractivity contribution in [2.24, 2.45) is 16.5 Å². The van der Waals surface area contributed by atoms with E-state index in [0.29, 0.717) is 6.42 Å². The fourth-order valence-electron chi connectivity index (χ4n) is 2.83. The molecule has 2 atom stereocenters. The van der Waals surface area contributed by atoms with E-state index in [-0.39, 0.29) is 24.1 Å². The monoisotopic (exact) mass is 372 g/mol. The number of nitrogens with two attached hydrogens (primary N) is 2. The van der Waals surface area contributed by atoms with Crippen LogP contribution in [0.4, 0.5) is 10.6 Å². The Hall–Kier alpha value is -3.40. The summed E-state index contributed by atoms with van der Waals surface area (Å²) in [7, 11) is 0. The lowest BCUT2D eigenvalue weighted by atomic mass is 10.2. The number of carboxylic acid groups (broad SMARTS) is 1. The van der Waals surface area contributed by atoms with Crippen molar-refractivity contribution in [3.8, 4) is 0 Å². The van der Waals surface area contributed by atoms with E-state index in [1.54, 1.807) is 6.92 Å². The molecule has 1 amide bonds. The summed E-state index contributed by atoms with van der Waals surface area (Å²) in [5.41, 5.74) is 13.1. The first-order valence-corrected chi connectivity index (χ1v) is 8.33. The minimum absolute atomic E-state index is 0.0500. The summed E-state index contributed by atoms with van der Waals surface area (Å²) in [4.78, 5) is 33.1. The molecule has 3 rings (SSSR count). The molecule has 0 spiro atoms. The van der Waals surface area contributed by atoms with E-state index in [2.05, 4.69) is 9.98 Å². The molecule has 10 nitrogen and oxygen atoms in total. The molecule has 2 aromatic rings. The molecule has 27 heavy (non-hydrogen) atoms. The molecular weight excluding hydrogens is 352 g/mol. The Kier molecular flexibility index (Phi) is 5.08. The minimum Gasteiger partial charge on any atom is -0.480 e. The normalized spacial score (nSPS) is 17.0. The van der Waals surface area contributed by atoms with E-state index in [4.69, 9.17) is 16.2 Å². The third-order valence-electron chi connectivity index (χ3n) is 4.23. The van der Waals surface area contributed by atoms with E-state index in [0.717, 1.165) is 10.5 Å². The molecule has 1 aliphatic heterocycles. The highest BCUT2D eigenvalue weighted by Gasteiger charge is 2.36. The van der Waals surface area contributed by atoms with E-state index >= 15 is 0 Å². The van der Waals surface area contributed by atoms with Crippen molar-refractivity contribution < 1.29 is 19.4 Å². The number of rotatable bonds is 5. The number of fused-ring (bicyclic) bond motifs is 1. The molecule has 2 unspecified atom stereocenters. The summed E-state index contributed by atoms with van der Waals surface area (Å²) in [5, 5.41) is 9.35. The average molecular weight is 372 g/mol. The smallest absolute Gasteiger partial charge is 0.418 e. The van der Waals surface area contributed by atoms with Gasteiger partial charge in [0.1, 0.15) is 24.5 Å². The van der Waals surface area contributed by atoms with Gasteiger partial charge in [-0.3, -0.25) is 0 Å². The van der Waals surface area contributed by atoms with Crippen LogP contribution in [-0.2, 0) is 16.1 Å². The van der Waals surface area contributed by atoms with Crippen molar-refractivity contribution in [3.05, 3.63) is 47.9 Å².